The molecule has 0 spiro atoms. The summed E-state index contributed by atoms with van der Waals surface area (Å²) in [5.74, 6) is 0.877. The van der Waals surface area contributed by atoms with Crippen LogP contribution in [-0.4, -0.2) is 30.1 Å². The first-order valence-corrected chi connectivity index (χ1v) is 8.49. The minimum Gasteiger partial charge on any atom is -0.388 e. The molecule has 2 heteroatoms. The molecule has 0 bridgehead atoms. The van der Waals surface area contributed by atoms with E-state index in [1.54, 1.807) is 0 Å². The number of aryl methyl sites for hydroxylation is 2. The predicted molar refractivity (Wildman–Crippen MR) is 89.6 cm³/mol. The SMILES string of the molecule is Cc1cc(C)cc(C(O)CCN(C)CC2CCCCC2)c1. The molecule has 1 aromatic rings. The highest BCUT2D eigenvalue weighted by Gasteiger charge is 2.16. The molecule has 1 aliphatic carbocycles. The van der Waals surface area contributed by atoms with Crippen molar-refractivity contribution in [3.63, 3.8) is 0 Å². The molecule has 0 aromatic heterocycles. The number of benzene rings is 1. The Hall–Kier alpha value is -0.860. The highest BCUT2D eigenvalue weighted by molar-refractivity contribution is 5.29. The molecular formula is C19H31NO. The van der Waals surface area contributed by atoms with E-state index in [1.807, 2.05) is 0 Å². The van der Waals surface area contributed by atoms with Gasteiger partial charge >= 0.3 is 0 Å². The summed E-state index contributed by atoms with van der Waals surface area (Å²) < 4.78 is 0. The first-order valence-electron chi connectivity index (χ1n) is 8.49. The molecular weight excluding hydrogens is 258 g/mol. The molecule has 0 amide bonds. The molecule has 1 N–H and O–H groups in total. The Morgan fingerprint density at radius 1 is 1.10 bits per heavy atom. The topological polar surface area (TPSA) is 23.5 Å². The monoisotopic (exact) mass is 289 g/mol. The standard InChI is InChI=1S/C19H31NO/c1-15-11-16(2)13-18(12-15)19(21)9-10-20(3)14-17-7-5-4-6-8-17/h11-13,17,19,21H,4-10,14H2,1-3H3. The number of rotatable bonds is 6. The van der Waals surface area contributed by atoms with Crippen molar-refractivity contribution < 1.29 is 5.11 Å². The summed E-state index contributed by atoms with van der Waals surface area (Å²) in [5.41, 5.74) is 3.54. The van der Waals surface area contributed by atoms with Crippen molar-refractivity contribution in [1.82, 2.24) is 4.90 Å². The zero-order valence-electron chi connectivity index (χ0n) is 13.9. The van der Waals surface area contributed by atoms with Crippen LogP contribution in [0.25, 0.3) is 0 Å². The fraction of sp³-hybridized carbons (Fsp3) is 0.684. The lowest BCUT2D eigenvalue weighted by molar-refractivity contribution is 0.140. The molecule has 0 saturated heterocycles. The van der Waals surface area contributed by atoms with Gasteiger partial charge in [0.25, 0.3) is 0 Å². The van der Waals surface area contributed by atoms with Crippen LogP contribution >= 0.6 is 0 Å². The second-order valence-electron chi connectivity index (χ2n) is 6.99. The van der Waals surface area contributed by atoms with Gasteiger partial charge in [0.1, 0.15) is 0 Å². The van der Waals surface area contributed by atoms with Gasteiger partial charge in [0.05, 0.1) is 6.10 Å². The van der Waals surface area contributed by atoms with Crippen LogP contribution in [0, 0.1) is 19.8 Å². The van der Waals surface area contributed by atoms with E-state index in [9.17, 15) is 5.11 Å². The number of hydrogen-bond acceptors (Lipinski definition) is 2. The van der Waals surface area contributed by atoms with Crippen molar-refractivity contribution in [2.24, 2.45) is 5.92 Å². The molecule has 21 heavy (non-hydrogen) atoms. The van der Waals surface area contributed by atoms with Crippen molar-refractivity contribution in [3.8, 4) is 0 Å². The normalized spacial score (nSPS) is 18.1. The summed E-state index contributed by atoms with van der Waals surface area (Å²) >= 11 is 0. The van der Waals surface area contributed by atoms with E-state index < -0.39 is 0 Å². The van der Waals surface area contributed by atoms with Crippen LogP contribution in [0.15, 0.2) is 18.2 Å². The van der Waals surface area contributed by atoms with E-state index in [4.69, 9.17) is 0 Å². The third kappa shape index (κ3) is 5.44. The van der Waals surface area contributed by atoms with Gasteiger partial charge in [0, 0.05) is 13.1 Å². The molecule has 0 heterocycles. The maximum Gasteiger partial charge on any atom is 0.0802 e. The Balaban J connectivity index is 1.78. The minimum atomic E-state index is -0.336. The average Bonchev–Trinajstić information content (AvgIpc) is 2.45. The Labute approximate surface area is 130 Å². The minimum absolute atomic E-state index is 0.336. The zero-order chi connectivity index (χ0) is 15.2. The first-order chi connectivity index (χ1) is 10.0. The Kier molecular flexibility index (Phi) is 6.25. The number of hydrogen-bond donors (Lipinski definition) is 1. The fourth-order valence-corrected chi connectivity index (χ4v) is 3.61. The van der Waals surface area contributed by atoms with E-state index in [0.29, 0.717) is 0 Å². The van der Waals surface area contributed by atoms with E-state index in [2.05, 4.69) is 44.0 Å². The molecule has 2 rings (SSSR count). The van der Waals surface area contributed by atoms with E-state index >= 15 is 0 Å². The summed E-state index contributed by atoms with van der Waals surface area (Å²) in [5, 5.41) is 10.4. The van der Waals surface area contributed by atoms with Crippen LogP contribution in [-0.2, 0) is 0 Å². The summed E-state index contributed by atoms with van der Waals surface area (Å²) in [6, 6.07) is 6.38. The summed E-state index contributed by atoms with van der Waals surface area (Å²) in [6.45, 7) is 6.36. The third-order valence-corrected chi connectivity index (χ3v) is 4.71. The van der Waals surface area contributed by atoms with Gasteiger partial charge in [-0.3, -0.25) is 0 Å². The van der Waals surface area contributed by atoms with Gasteiger partial charge in [-0.05, 0) is 51.6 Å². The molecule has 2 nitrogen and oxygen atoms in total. The van der Waals surface area contributed by atoms with Crippen LogP contribution < -0.4 is 0 Å². The summed E-state index contributed by atoms with van der Waals surface area (Å²) in [6.07, 6.45) is 7.51. The Morgan fingerprint density at radius 3 is 2.33 bits per heavy atom. The quantitative estimate of drug-likeness (QED) is 0.846. The molecule has 1 fully saturated rings. The van der Waals surface area contributed by atoms with Crippen LogP contribution in [0.2, 0.25) is 0 Å². The lowest BCUT2D eigenvalue weighted by Gasteiger charge is -2.27. The van der Waals surface area contributed by atoms with Gasteiger partial charge in [-0.15, -0.1) is 0 Å². The lowest BCUT2D eigenvalue weighted by Crippen LogP contribution is -2.28. The summed E-state index contributed by atoms with van der Waals surface area (Å²) in [4.78, 5) is 2.40. The fourth-order valence-electron chi connectivity index (χ4n) is 3.61. The predicted octanol–water partition coefficient (Wildman–Crippen LogP) is 4.24. The maximum atomic E-state index is 10.4. The maximum absolute atomic E-state index is 10.4. The molecule has 1 atom stereocenters. The van der Waals surface area contributed by atoms with Crippen molar-refractivity contribution in [1.29, 1.82) is 0 Å². The van der Waals surface area contributed by atoms with Crippen LogP contribution in [0.4, 0.5) is 0 Å². The van der Waals surface area contributed by atoms with E-state index in [-0.39, 0.29) is 6.10 Å². The number of nitrogens with zero attached hydrogens (tertiary/aromatic N) is 1. The van der Waals surface area contributed by atoms with E-state index in [0.717, 1.165) is 24.4 Å². The third-order valence-electron chi connectivity index (χ3n) is 4.71. The van der Waals surface area contributed by atoms with Gasteiger partial charge in [-0.2, -0.15) is 0 Å². The highest BCUT2D eigenvalue weighted by Crippen LogP contribution is 2.25. The zero-order valence-corrected chi connectivity index (χ0v) is 13.9. The molecule has 0 radical (unpaired) electrons. The molecule has 1 aromatic carbocycles. The molecule has 0 aliphatic heterocycles. The van der Waals surface area contributed by atoms with Crippen molar-refractivity contribution in [2.45, 2.75) is 58.5 Å². The second kappa shape index (κ2) is 7.95. The Bertz CT molecular complexity index is 417. The van der Waals surface area contributed by atoms with Crippen LogP contribution in [0.5, 0.6) is 0 Å². The molecule has 118 valence electrons. The van der Waals surface area contributed by atoms with Crippen molar-refractivity contribution in [3.05, 3.63) is 34.9 Å². The van der Waals surface area contributed by atoms with Crippen molar-refractivity contribution >= 4 is 0 Å². The van der Waals surface area contributed by atoms with Crippen LogP contribution in [0.1, 0.15) is 61.3 Å². The van der Waals surface area contributed by atoms with Gasteiger partial charge in [0.15, 0.2) is 0 Å². The van der Waals surface area contributed by atoms with Gasteiger partial charge in [-0.25, -0.2) is 0 Å². The second-order valence-corrected chi connectivity index (χ2v) is 6.99. The number of aliphatic hydroxyl groups is 1. The largest absolute Gasteiger partial charge is 0.388 e. The van der Waals surface area contributed by atoms with Gasteiger partial charge in [0.2, 0.25) is 0 Å². The summed E-state index contributed by atoms with van der Waals surface area (Å²) in [7, 11) is 2.20. The lowest BCUT2D eigenvalue weighted by atomic mass is 9.89. The highest BCUT2D eigenvalue weighted by atomic mass is 16.3. The number of aliphatic hydroxyl groups excluding tert-OH is 1. The van der Waals surface area contributed by atoms with Crippen molar-refractivity contribution in [2.75, 3.05) is 20.1 Å². The molecule has 1 aliphatic rings. The first kappa shape index (κ1) is 16.5. The van der Waals surface area contributed by atoms with E-state index in [1.165, 1.54) is 49.8 Å². The molecule has 1 unspecified atom stereocenters. The van der Waals surface area contributed by atoms with Gasteiger partial charge in [-0.1, -0.05) is 48.6 Å². The smallest absolute Gasteiger partial charge is 0.0802 e. The van der Waals surface area contributed by atoms with Crippen LogP contribution in [0.3, 0.4) is 0 Å². The Morgan fingerprint density at radius 2 is 1.71 bits per heavy atom. The molecule has 1 saturated carbocycles. The van der Waals surface area contributed by atoms with Gasteiger partial charge < -0.3 is 10.0 Å². The average molecular weight is 289 g/mol.